The van der Waals surface area contributed by atoms with Crippen LogP contribution in [0.1, 0.15) is 15.9 Å². The van der Waals surface area contributed by atoms with Crippen molar-refractivity contribution in [3.8, 4) is 5.75 Å². The standard InChI is InChI=1S/C20H18FNO2/c1-14-5-4-6-15(13-14)22-20(23)18-9-10-19(24-12-11-21)17-8-3-2-7-16(17)18/h2-10,13H,11-12H2,1H3,(H,22,23). The first-order valence-electron chi connectivity index (χ1n) is 7.77. The van der Waals surface area contributed by atoms with Crippen molar-refractivity contribution in [1.82, 2.24) is 0 Å². The third kappa shape index (κ3) is 3.38. The molecule has 0 radical (unpaired) electrons. The summed E-state index contributed by atoms with van der Waals surface area (Å²) in [4.78, 5) is 12.7. The minimum Gasteiger partial charge on any atom is -0.490 e. The molecule has 0 saturated carbocycles. The molecular weight excluding hydrogens is 305 g/mol. The number of fused-ring (bicyclic) bond motifs is 1. The van der Waals surface area contributed by atoms with E-state index in [0.29, 0.717) is 11.3 Å². The molecule has 122 valence electrons. The van der Waals surface area contributed by atoms with Crippen LogP contribution in [0.4, 0.5) is 10.1 Å². The van der Waals surface area contributed by atoms with Crippen LogP contribution in [0.15, 0.2) is 60.7 Å². The number of alkyl halides is 1. The van der Waals surface area contributed by atoms with Gasteiger partial charge in [0, 0.05) is 16.6 Å². The molecule has 0 atom stereocenters. The minimum absolute atomic E-state index is 0.00116. The van der Waals surface area contributed by atoms with Gasteiger partial charge < -0.3 is 10.1 Å². The largest absolute Gasteiger partial charge is 0.490 e. The van der Waals surface area contributed by atoms with E-state index in [1.54, 1.807) is 12.1 Å². The van der Waals surface area contributed by atoms with E-state index in [0.717, 1.165) is 22.0 Å². The van der Waals surface area contributed by atoms with E-state index in [-0.39, 0.29) is 12.5 Å². The summed E-state index contributed by atoms with van der Waals surface area (Å²) in [6.07, 6.45) is 0. The summed E-state index contributed by atoms with van der Waals surface area (Å²) in [5.41, 5.74) is 2.38. The van der Waals surface area contributed by atoms with Gasteiger partial charge in [0.15, 0.2) is 0 Å². The van der Waals surface area contributed by atoms with Gasteiger partial charge in [0.25, 0.3) is 5.91 Å². The third-order valence-corrected chi connectivity index (χ3v) is 3.74. The zero-order valence-corrected chi connectivity index (χ0v) is 13.4. The molecule has 0 bridgehead atoms. The average Bonchev–Trinajstić information content (AvgIpc) is 2.59. The van der Waals surface area contributed by atoms with E-state index in [1.165, 1.54) is 0 Å². The van der Waals surface area contributed by atoms with Gasteiger partial charge in [0.05, 0.1) is 0 Å². The summed E-state index contributed by atoms with van der Waals surface area (Å²) in [7, 11) is 0. The molecule has 0 aliphatic rings. The number of aryl methyl sites for hydroxylation is 1. The topological polar surface area (TPSA) is 38.3 Å². The lowest BCUT2D eigenvalue weighted by Crippen LogP contribution is -2.12. The van der Waals surface area contributed by atoms with Crippen LogP contribution in [0.2, 0.25) is 0 Å². The highest BCUT2D eigenvalue weighted by molar-refractivity contribution is 6.13. The Balaban J connectivity index is 1.96. The second-order valence-corrected chi connectivity index (χ2v) is 5.52. The van der Waals surface area contributed by atoms with Crippen molar-refractivity contribution >= 4 is 22.4 Å². The van der Waals surface area contributed by atoms with Gasteiger partial charge in [0.2, 0.25) is 0 Å². The molecule has 0 heterocycles. The van der Waals surface area contributed by atoms with E-state index in [2.05, 4.69) is 5.32 Å². The molecule has 3 aromatic rings. The van der Waals surface area contributed by atoms with E-state index in [1.807, 2.05) is 55.5 Å². The molecule has 0 saturated heterocycles. The molecule has 3 nitrogen and oxygen atoms in total. The molecule has 4 heteroatoms. The normalized spacial score (nSPS) is 10.6. The number of ether oxygens (including phenoxy) is 1. The van der Waals surface area contributed by atoms with Crippen molar-refractivity contribution in [2.75, 3.05) is 18.6 Å². The molecule has 0 aliphatic heterocycles. The Labute approximate surface area is 140 Å². The van der Waals surface area contributed by atoms with E-state index < -0.39 is 6.67 Å². The molecular formula is C20H18FNO2. The fraction of sp³-hybridized carbons (Fsp3) is 0.150. The number of carbonyl (C=O) groups excluding carboxylic acids is 1. The molecule has 24 heavy (non-hydrogen) atoms. The summed E-state index contributed by atoms with van der Waals surface area (Å²) in [5.74, 6) is 0.393. The number of hydrogen-bond acceptors (Lipinski definition) is 2. The van der Waals surface area contributed by atoms with Crippen LogP contribution in [-0.2, 0) is 0 Å². The molecule has 3 aromatic carbocycles. The van der Waals surface area contributed by atoms with Crippen molar-refractivity contribution in [3.63, 3.8) is 0 Å². The van der Waals surface area contributed by atoms with Gasteiger partial charge in [-0.05, 0) is 42.1 Å². The minimum atomic E-state index is -0.552. The van der Waals surface area contributed by atoms with Crippen LogP contribution in [0.25, 0.3) is 10.8 Å². The third-order valence-electron chi connectivity index (χ3n) is 3.74. The molecule has 0 unspecified atom stereocenters. The maximum Gasteiger partial charge on any atom is 0.256 e. The fourth-order valence-electron chi connectivity index (χ4n) is 2.67. The Morgan fingerprint density at radius 3 is 2.58 bits per heavy atom. The number of nitrogens with one attached hydrogen (secondary N) is 1. The maximum absolute atomic E-state index is 12.7. The smallest absolute Gasteiger partial charge is 0.256 e. The quantitative estimate of drug-likeness (QED) is 0.736. The highest BCUT2D eigenvalue weighted by Crippen LogP contribution is 2.29. The van der Waals surface area contributed by atoms with Crippen molar-refractivity contribution in [2.24, 2.45) is 0 Å². The van der Waals surface area contributed by atoms with Crippen LogP contribution in [0.5, 0.6) is 5.75 Å². The molecule has 3 rings (SSSR count). The van der Waals surface area contributed by atoms with E-state index in [4.69, 9.17) is 4.74 Å². The Kier molecular flexibility index (Phi) is 4.75. The molecule has 0 fully saturated rings. The Morgan fingerprint density at radius 1 is 1.04 bits per heavy atom. The number of hydrogen-bond donors (Lipinski definition) is 1. The predicted octanol–water partition coefficient (Wildman–Crippen LogP) is 4.75. The van der Waals surface area contributed by atoms with Crippen LogP contribution >= 0.6 is 0 Å². The van der Waals surface area contributed by atoms with Crippen molar-refractivity contribution < 1.29 is 13.9 Å². The maximum atomic E-state index is 12.7. The predicted molar refractivity (Wildman–Crippen MR) is 94.6 cm³/mol. The first-order chi connectivity index (χ1) is 11.7. The van der Waals surface area contributed by atoms with Gasteiger partial charge in [-0.3, -0.25) is 4.79 Å². The Morgan fingerprint density at radius 2 is 1.83 bits per heavy atom. The lowest BCUT2D eigenvalue weighted by molar-refractivity contribution is 0.102. The summed E-state index contributed by atoms with van der Waals surface area (Å²) >= 11 is 0. The summed E-state index contributed by atoms with van der Waals surface area (Å²) in [5, 5.41) is 4.49. The second-order valence-electron chi connectivity index (χ2n) is 5.52. The first kappa shape index (κ1) is 16.0. The lowest BCUT2D eigenvalue weighted by atomic mass is 10.0. The Hall–Kier alpha value is -2.88. The number of anilines is 1. The molecule has 0 spiro atoms. The van der Waals surface area contributed by atoms with Gasteiger partial charge in [-0.2, -0.15) is 0 Å². The summed E-state index contributed by atoms with van der Waals surface area (Å²) in [6.45, 7) is 1.42. The van der Waals surface area contributed by atoms with E-state index in [9.17, 15) is 9.18 Å². The van der Waals surface area contributed by atoms with Gasteiger partial charge in [-0.25, -0.2) is 4.39 Å². The van der Waals surface area contributed by atoms with E-state index >= 15 is 0 Å². The van der Waals surface area contributed by atoms with Crippen LogP contribution in [0, 0.1) is 6.92 Å². The van der Waals surface area contributed by atoms with Crippen LogP contribution in [0.3, 0.4) is 0 Å². The van der Waals surface area contributed by atoms with Gasteiger partial charge in [-0.15, -0.1) is 0 Å². The number of rotatable bonds is 5. The second kappa shape index (κ2) is 7.13. The number of carbonyl (C=O) groups is 1. The zero-order chi connectivity index (χ0) is 16.9. The zero-order valence-electron chi connectivity index (χ0n) is 13.4. The fourth-order valence-corrected chi connectivity index (χ4v) is 2.67. The molecule has 1 amide bonds. The monoisotopic (exact) mass is 323 g/mol. The van der Waals surface area contributed by atoms with Gasteiger partial charge >= 0.3 is 0 Å². The highest BCUT2D eigenvalue weighted by Gasteiger charge is 2.13. The van der Waals surface area contributed by atoms with Gasteiger partial charge in [-0.1, -0.05) is 36.4 Å². The number of amides is 1. The van der Waals surface area contributed by atoms with Crippen LogP contribution < -0.4 is 10.1 Å². The number of benzene rings is 3. The molecule has 0 aromatic heterocycles. The average molecular weight is 323 g/mol. The Bertz CT molecular complexity index is 876. The summed E-state index contributed by atoms with van der Waals surface area (Å²) < 4.78 is 17.8. The first-order valence-corrected chi connectivity index (χ1v) is 7.77. The number of halogens is 1. The van der Waals surface area contributed by atoms with Crippen molar-refractivity contribution in [1.29, 1.82) is 0 Å². The SMILES string of the molecule is Cc1cccc(NC(=O)c2ccc(OCCF)c3ccccc23)c1. The van der Waals surface area contributed by atoms with Crippen molar-refractivity contribution in [3.05, 3.63) is 71.8 Å². The van der Waals surface area contributed by atoms with Crippen molar-refractivity contribution in [2.45, 2.75) is 6.92 Å². The molecule has 0 aliphatic carbocycles. The highest BCUT2D eigenvalue weighted by atomic mass is 19.1. The van der Waals surface area contributed by atoms with Gasteiger partial charge in [0.1, 0.15) is 19.0 Å². The van der Waals surface area contributed by atoms with Crippen LogP contribution in [-0.4, -0.2) is 19.2 Å². The summed E-state index contributed by atoms with van der Waals surface area (Å²) in [6, 6.07) is 18.5. The lowest BCUT2D eigenvalue weighted by Gasteiger charge is -2.12. The molecule has 1 N–H and O–H groups in total.